The summed E-state index contributed by atoms with van der Waals surface area (Å²) in [5, 5.41) is 9.02. The highest BCUT2D eigenvalue weighted by Gasteiger charge is 2.19. The van der Waals surface area contributed by atoms with E-state index in [1.807, 2.05) is 30.4 Å². The summed E-state index contributed by atoms with van der Waals surface area (Å²) in [6.07, 6.45) is 5.59. The monoisotopic (exact) mass is 527 g/mol. The van der Waals surface area contributed by atoms with Crippen molar-refractivity contribution in [2.24, 2.45) is 4.99 Å². The molecule has 0 saturated carbocycles. The Kier molecular flexibility index (Phi) is 13.7. The van der Waals surface area contributed by atoms with Gasteiger partial charge in [-0.1, -0.05) is 11.8 Å². The SMILES string of the molecule is CN=C(NCCCSc1nccs1)NC1CCN(CCOC(C)C)CC1.I. The normalized spacial score (nSPS) is 16.4. The van der Waals surface area contributed by atoms with Crippen LogP contribution >= 0.6 is 47.1 Å². The van der Waals surface area contributed by atoms with Gasteiger partial charge in [-0.3, -0.25) is 4.99 Å². The van der Waals surface area contributed by atoms with E-state index in [1.165, 1.54) is 0 Å². The van der Waals surface area contributed by atoms with Crippen LogP contribution in [-0.2, 0) is 4.74 Å². The molecule has 2 rings (SSSR count). The quantitative estimate of drug-likeness (QED) is 0.160. The number of guanidine groups is 1. The Morgan fingerprint density at radius 3 is 2.85 bits per heavy atom. The molecule has 9 heteroatoms. The number of ether oxygens (including phenoxy) is 1. The topological polar surface area (TPSA) is 61.8 Å². The fraction of sp³-hybridized carbons (Fsp3) is 0.778. The summed E-state index contributed by atoms with van der Waals surface area (Å²) < 4.78 is 6.80. The lowest BCUT2D eigenvalue weighted by Gasteiger charge is -2.33. The van der Waals surface area contributed by atoms with Crippen molar-refractivity contribution < 1.29 is 4.74 Å². The predicted octanol–water partition coefficient (Wildman–Crippen LogP) is 3.30. The predicted molar refractivity (Wildman–Crippen MR) is 128 cm³/mol. The van der Waals surface area contributed by atoms with Crippen molar-refractivity contribution in [3.05, 3.63) is 11.6 Å². The molecule has 1 fully saturated rings. The van der Waals surface area contributed by atoms with Crippen LogP contribution in [0.5, 0.6) is 0 Å². The number of rotatable bonds is 10. The van der Waals surface area contributed by atoms with Crippen LogP contribution in [0.25, 0.3) is 0 Å². The van der Waals surface area contributed by atoms with Crippen LogP contribution in [0.15, 0.2) is 20.9 Å². The summed E-state index contributed by atoms with van der Waals surface area (Å²) in [6, 6.07) is 0.508. The molecule has 0 amide bonds. The van der Waals surface area contributed by atoms with Gasteiger partial charge in [-0.25, -0.2) is 4.98 Å². The second-order valence-corrected chi connectivity index (χ2v) is 8.92. The van der Waals surface area contributed by atoms with Crippen LogP contribution in [-0.4, -0.2) is 73.6 Å². The number of hydrogen-bond donors (Lipinski definition) is 2. The Balaban J connectivity index is 0.00000364. The molecular formula is C18H34IN5OS2. The van der Waals surface area contributed by atoms with Gasteiger partial charge < -0.3 is 20.3 Å². The van der Waals surface area contributed by atoms with Gasteiger partial charge in [0, 0.05) is 56.6 Å². The summed E-state index contributed by atoms with van der Waals surface area (Å²) in [6.45, 7) is 9.23. The molecule has 0 aromatic carbocycles. The fourth-order valence-electron chi connectivity index (χ4n) is 2.83. The van der Waals surface area contributed by atoms with Crippen molar-refractivity contribution in [1.82, 2.24) is 20.5 Å². The molecule has 1 aromatic heterocycles. The summed E-state index contributed by atoms with van der Waals surface area (Å²) in [4.78, 5) is 11.1. The van der Waals surface area contributed by atoms with Gasteiger partial charge in [-0.05, 0) is 33.1 Å². The molecule has 0 radical (unpaired) electrons. The largest absolute Gasteiger partial charge is 0.377 e. The van der Waals surface area contributed by atoms with Gasteiger partial charge in [0.15, 0.2) is 5.96 Å². The third-order valence-electron chi connectivity index (χ3n) is 4.26. The molecule has 1 aliphatic rings. The van der Waals surface area contributed by atoms with Crippen molar-refractivity contribution in [3.63, 3.8) is 0 Å². The summed E-state index contributed by atoms with van der Waals surface area (Å²) in [5.41, 5.74) is 0. The van der Waals surface area contributed by atoms with Crippen LogP contribution < -0.4 is 10.6 Å². The van der Waals surface area contributed by atoms with E-state index in [0.717, 1.165) is 68.1 Å². The zero-order chi connectivity index (χ0) is 18.6. The van der Waals surface area contributed by atoms with E-state index in [2.05, 4.69) is 39.4 Å². The van der Waals surface area contributed by atoms with Gasteiger partial charge in [-0.15, -0.1) is 35.3 Å². The van der Waals surface area contributed by atoms with E-state index in [4.69, 9.17) is 4.74 Å². The molecule has 1 aromatic rings. The number of nitrogens with zero attached hydrogens (tertiary/aromatic N) is 3. The lowest BCUT2D eigenvalue weighted by Crippen LogP contribution is -2.49. The first kappa shape index (κ1) is 24.9. The molecule has 156 valence electrons. The smallest absolute Gasteiger partial charge is 0.191 e. The molecule has 1 aliphatic heterocycles. The van der Waals surface area contributed by atoms with Crippen LogP contribution in [0, 0.1) is 0 Å². The first-order chi connectivity index (χ1) is 12.7. The van der Waals surface area contributed by atoms with Crippen molar-refractivity contribution >= 4 is 53.0 Å². The molecular weight excluding hydrogens is 493 g/mol. The van der Waals surface area contributed by atoms with Crippen molar-refractivity contribution in [2.45, 2.75) is 49.6 Å². The van der Waals surface area contributed by atoms with Gasteiger partial charge in [0.25, 0.3) is 0 Å². The molecule has 0 bridgehead atoms. The van der Waals surface area contributed by atoms with Gasteiger partial charge in [0.05, 0.1) is 12.7 Å². The Morgan fingerprint density at radius 2 is 2.22 bits per heavy atom. The van der Waals surface area contributed by atoms with Crippen LogP contribution in [0.4, 0.5) is 0 Å². The maximum atomic E-state index is 5.65. The molecule has 0 spiro atoms. The van der Waals surface area contributed by atoms with Gasteiger partial charge in [0.1, 0.15) is 4.34 Å². The standard InChI is InChI=1S/C18H33N5OS2.HI/c1-15(2)24-12-11-23-9-5-16(6-10-23)22-17(19-3)20-7-4-13-25-18-21-8-14-26-18;/h8,14-16H,4-7,9-13H2,1-3H3,(H2,19,20,22);1H. The van der Waals surface area contributed by atoms with E-state index in [0.29, 0.717) is 12.1 Å². The number of piperidine rings is 1. The van der Waals surface area contributed by atoms with E-state index < -0.39 is 0 Å². The number of thiazole rings is 1. The second-order valence-electron chi connectivity index (χ2n) is 6.68. The molecule has 27 heavy (non-hydrogen) atoms. The molecule has 6 nitrogen and oxygen atoms in total. The maximum Gasteiger partial charge on any atom is 0.191 e. The first-order valence-corrected chi connectivity index (χ1v) is 11.4. The highest BCUT2D eigenvalue weighted by molar-refractivity contribution is 14.0. The second kappa shape index (κ2) is 14.8. The van der Waals surface area contributed by atoms with Crippen molar-refractivity contribution in [3.8, 4) is 0 Å². The average Bonchev–Trinajstić information content (AvgIpc) is 3.15. The minimum absolute atomic E-state index is 0. The minimum Gasteiger partial charge on any atom is -0.377 e. The summed E-state index contributed by atoms with van der Waals surface area (Å²) >= 11 is 3.53. The van der Waals surface area contributed by atoms with E-state index in [-0.39, 0.29) is 24.0 Å². The van der Waals surface area contributed by atoms with Crippen LogP contribution in [0.3, 0.4) is 0 Å². The number of thioether (sulfide) groups is 1. The Labute approximate surface area is 189 Å². The zero-order valence-corrected chi connectivity index (χ0v) is 20.6. The third kappa shape index (κ3) is 10.9. The lowest BCUT2D eigenvalue weighted by molar-refractivity contribution is 0.0532. The Bertz CT molecular complexity index is 508. The zero-order valence-electron chi connectivity index (χ0n) is 16.6. The van der Waals surface area contributed by atoms with Crippen LogP contribution in [0.1, 0.15) is 33.1 Å². The highest BCUT2D eigenvalue weighted by Crippen LogP contribution is 2.20. The van der Waals surface area contributed by atoms with E-state index >= 15 is 0 Å². The third-order valence-corrected chi connectivity index (χ3v) is 6.31. The number of hydrogen-bond acceptors (Lipinski definition) is 6. The number of likely N-dealkylation sites (tertiary alicyclic amines) is 1. The van der Waals surface area contributed by atoms with Gasteiger partial charge in [-0.2, -0.15) is 0 Å². The average molecular weight is 528 g/mol. The Hall–Kier alpha value is -0.100. The molecule has 1 saturated heterocycles. The van der Waals surface area contributed by atoms with E-state index in [1.54, 1.807) is 11.3 Å². The number of nitrogens with one attached hydrogen (secondary N) is 2. The number of halogens is 1. The highest BCUT2D eigenvalue weighted by atomic mass is 127. The van der Waals surface area contributed by atoms with E-state index in [9.17, 15) is 0 Å². The molecule has 0 atom stereocenters. The molecule has 2 N–H and O–H groups in total. The molecule has 0 aliphatic carbocycles. The summed E-state index contributed by atoms with van der Waals surface area (Å²) in [7, 11) is 1.85. The Morgan fingerprint density at radius 1 is 1.44 bits per heavy atom. The first-order valence-electron chi connectivity index (χ1n) is 9.51. The fourth-order valence-corrected chi connectivity index (χ4v) is 4.47. The minimum atomic E-state index is 0. The number of aliphatic imine (C=N–C) groups is 1. The van der Waals surface area contributed by atoms with Crippen molar-refractivity contribution in [2.75, 3.05) is 45.6 Å². The van der Waals surface area contributed by atoms with Gasteiger partial charge >= 0.3 is 0 Å². The van der Waals surface area contributed by atoms with Crippen LogP contribution in [0.2, 0.25) is 0 Å². The summed E-state index contributed by atoms with van der Waals surface area (Å²) in [5.74, 6) is 2.00. The number of aromatic nitrogens is 1. The molecule has 0 unspecified atom stereocenters. The maximum absolute atomic E-state index is 5.65. The molecule has 2 heterocycles. The van der Waals surface area contributed by atoms with Gasteiger partial charge in [0.2, 0.25) is 0 Å². The van der Waals surface area contributed by atoms with Crippen molar-refractivity contribution in [1.29, 1.82) is 0 Å². The lowest BCUT2D eigenvalue weighted by atomic mass is 10.1.